The first-order valence-corrected chi connectivity index (χ1v) is 10.6. The van der Waals surface area contributed by atoms with Crippen LogP contribution in [0.25, 0.3) is 0 Å². The number of rotatable bonds is 7. The molecule has 0 aromatic heterocycles. The van der Waals surface area contributed by atoms with Crippen molar-refractivity contribution in [1.82, 2.24) is 14.7 Å². The van der Waals surface area contributed by atoms with Crippen LogP contribution in [-0.4, -0.2) is 89.1 Å². The second kappa shape index (κ2) is 10.2. The van der Waals surface area contributed by atoms with Crippen LogP contribution in [0.3, 0.4) is 0 Å². The number of likely N-dealkylation sites (tertiary alicyclic amines) is 1. The molecule has 0 saturated carbocycles. The molecule has 0 unspecified atom stereocenters. The van der Waals surface area contributed by atoms with E-state index in [1.165, 1.54) is 0 Å². The number of aliphatic carboxylic acids is 1. The monoisotopic (exact) mass is 403 g/mol. The molecular formula is C22H33N3O4. The molecule has 0 bridgehead atoms. The zero-order chi connectivity index (χ0) is 20.8. The van der Waals surface area contributed by atoms with Gasteiger partial charge in [-0.15, -0.1) is 0 Å². The number of carboxylic acid groups (broad SMARTS) is 1. The fraction of sp³-hybridized carbons (Fsp3) is 0.636. The fourth-order valence-corrected chi connectivity index (χ4v) is 4.52. The molecule has 2 atom stereocenters. The molecule has 2 heterocycles. The highest BCUT2D eigenvalue weighted by molar-refractivity contribution is 5.79. The second-order valence-electron chi connectivity index (χ2n) is 8.38. The highest BCUT2D eigenvalue weighted by atomic mass is 16.4. The van der Waals surface area contributed by atoms with Gasteiger partial charge in [-0.3, -0.25) is 14.5 Å². The summed E-state index contributed by atoms with van der Waals surface area (Å²) < 4.78 is 0. The first-order valence-electron chi connectivity index (χ1n) is 10.6. The standard InChI is InChI=1S/C22H33N3O4/c1-23-10-12-24(13-11-23)20-8-9-25(15-19(20)6-7-22(28)29)21(27)14-17-2-4-18(16-26)5-3-17/h2-5,19-20,26H,6-16H2,1H3,(H,28,29)/t19-,20+/m1/s1. The minimum Gasteiger partial charge on any atom is -0.481 e. The third-order valence-corrected chi connectivity index (χ3v) is 6.34. The van der Waals surface area contributed by atoms with Crippen LogP contribution in [0.4, 0.5) is 0 Å². The number of hydrogen-bond acceptors (Lipinski definition) is 5. The Morgan fingerprint density at radius 1 is 1.03 bits per heavy atom. The van der Waals surface area contributed by atoms with Crippen molar-refractivity contribution in [2.24, 2.45) is 5.92 Å². The van der Waals surface area contributed by atoms with Crippen molar-refractivity contribution in [1.29, 1.82) is 0 Å². The SMILES string of the molecule is CN1CCN([C@H]2CCN(C(=O)Cc3ccc(CO)cc3)C[C@H]2CCC(=O)O)CC1. The van der Waals surface area contributed by atoms with Crippen LogP contribution in [0, 0.1) is 5.92 Å². The van der Waals surface area contributed by atoms with Crippen molar-refractivity contribution in [3.8, 4) is 0 Å². The lowest BCUT2D eigenvalue weighted by atomic mass is 9.86. The summed E-state index contributed by atoms with van der Waals surface area (Å²) in [6.45, 7) is 5.46. The number of hydrogen-bond donors (Lipinski definition) is 2. The number of benzene rings is 1. The normalized spacial score (nSPS) is 23.9. The maximum Gasteiger partial charge on any atom is 0.303 e. The van der Waals surface area contributed by atoms with Gasteiger partial charge in [0.2, 0.25) is 5.91 Å². The van der Waals surface area contributed by atoms with Gasteiger partial charge >= 0.3 is 5.97 Å². The molecule has 2 aliphatic rings. The smallest absolute Gasteiger partial charge is 0.303 e. The number of carbonyl (C=O) groups is 2. The Labute approximate surface area is 172 Å². The molecule has 2 saturated heterocycles. The van der Waals surface area contributed by atoms with E-state index < -0.39 is 5.97 Å². The average Bonchev–Trinajstić information content (AvgIpc) is 2.73. The lowest BCUT2D eigenvalue weighted by Gasteiger charge is -2.46. The second-order valence-corrected chi connectivity index (χ2v) is 8.38. The molecule has 0 radical (unpaired) electrons. The van der Waals surface area contributed by atoms with Gasteiger partial charge in [0, 0.05) is 51.7 Å². The number of likely N-dealkylation sites (N-methyl/N-ethyl adjacent to an activating group) is 1. The summed E-state index contributed by atoms with van der Waals surface area (Å²) >= 11 is 0. The zero-order valence-corrected chi connectivity index (χ0v) is 17.3. The van der Waals surface area contributed by atoms with Crippen LogP contribution in [0.5, 0.6) is 0 Å². The van der Waals surface area contributed by atoms with E-state index in [1.807, 2.05) is 29.2 Å². The van der Waals surface area contributed by atoms with E-state index in [9.17, 15) is 9.59 Å². The summed E-state index contributed by atoms with van der Waals surface area (Å²) in [4.78, 5) is 30.8. The van der Waals surface area contributed by atoms with Gasteiger partial charge in [0.1, 0.15) is 0 Å². The van der Waals surface area contributed by atoms with Gasteiger partial charge in [0.15, 0.2) is 0 Å². The minimum absolute atomic E-state index is 0.000706. The molecule has 7 heteroatoms. The molecule has 1 aromatic rings. The highest BCUT2D eigenvalue weighted by Crippen LogP contribution is 2.27. The molecule has 7 nitrogen and oxygen atoms in total. The Kier molecular flexibility index (Phi) is 7.64. The molecule has 2 N–H and O–H groups in total. The van der Waals surface area contributed by atoms with Crippen molar-refractivity contribution >= 4 is 11.9 Å². The Bertz CT molecular complexity index is 686. The van der Waals surface area contributed by atoms with E-state index in [1.54, 1.807) is 0 Å². The number of amides is 1. The summed E-state index contributed by atoms with van der Waals surface area (Å²) in [5.74, 6) is -0.475. The van der Waals surface area contributed by atoms with Gasteiger partial charge in [0.05, 0.1) is 13.0 Å². The first kappa shape index (κ1) is 21.7. The van der Waals surface area contributed by atoms with Crippen molar-refractivity contribution in [2.75, 3.05) is 46.3 Å². The van der Waals surface area contributed by atoms with Crippen molar-refractivity contribution < 1.29 is 19.8 Å². The number of nitrogens with zero attached hydrogens (tertiary/aromatic N) is 3. The summed E-state index contributed by atoms with van der Waals surface area (Å²) in [5.41, 5.74) is 1.78. The number of piperazine rings is 1. The summed E-state index contributed by atoms with van der Waals surface area (Å²) in [6.07, 6.45) is 2.01. The van der Waals surface area contributed by atoms with E-state index in [0.717, 1.165) is 50.3 Å². The third kappa shape index (κ3) is 6.01. The molecular weight excluding hydrogens is 370 g/mol. The van der Waals surface area contributed by atoms with Crippen LogP contribution in [0.15, 0.2) is 24.3 Å². The van der Waals surface area contributed by atoms with Crippen LogP contribution in [0.2, 0.25) is 0 Å². The number of aliphatic hydroxyl groups excluding tert-OH is 1. The van der Waals surface area contributed by atoms with Gasteiger partial charge in [-0.1, -0.05) is 24.3 Å². The molecule has 1 amide bonds. The van der Waals surface area contributed by atoms with Crippen molar-refractivity contribution in [2.45, 2.75) is 38.3 Å². The van der Waals surface area contributed by atoms with E-state index >= 15 is 0 Å². The third-order valence-electron chi connectivity index (χ3n) is 6.34. The molecule has 160 valence electrons. The molecule has 3 rings (SSSR count). The number of piperidine rings is 1. The fourth-order valence-electron chi connectivity index (χ4n) is 4.52. The van der Waals surface area contributed by atoms with Crippen LogP contribution in [0.1, 0.15) is 30.4 Å². The van der Waals surface area contributed by atoms with E-state index in [4.69, 9.17) is 10.2 Å². The van der Waals surface area contributed by atoms with Crippen LogP contribution < -0.4 is 0 Å². The first-order chi connectivity index (χ1) is 14.0. The minimum atomic E-state index is -0.769. The molecule has 2 aliphatic heterocycles. The van der Waals surface area contributed by atoms with Crippen molar-refractivity contribution in [3.05, 3.63) is 35.4 Å². The van der Waals surface area contributed by atoms with Gasteiger partial charge in [-0.2, -0.15) is 0 Å². The summed E-state index contributed by atoms with van der Waals surface area (Å²) in [6, 6.07) is 7.83. The summed E-state index contributed by atoms with van der Waals surface area (Å²) in [5, 5.41) is 18.3. The van der Waals surface area contributed by atoms with Gasteiger partial charge in [-0.25, -0.2) is 0 Å². The van der Waals surface area contributed by atoms with Crippen molar-refractivity contribution in [3.63, 3.8) is 0 Å². The van der Waals surface area contributed by atoms with Gasteiger partial charge in [0.25, 0.3) is 0 Å². The molecule has 2 fully saturated rings. The molecule has 29 heavy (non-hydrogen) atoms. The Morgan fingerprint density at radius 3 is 2.31 bits per heavy atom. The maximum atomic E-state index is 12.9. The predicted octanol–water partition coefficient (Wildman–Crippen LogP) is 1.05. The lowest BCUT2D eigenvalue weighted by Crippen LogP contribution is -2.57. The summed E-state index contributed by atoms with van der Waals surface area (Å²) in [7, 11) is 2.13. The average molecular weight is 404 g/mol. The topological polar surface area (TPSA) is 84.3 Å². The van der Waals surface area contributed by atoms with Crippen LogP contribution >= 0.6 is 0 Å². The maximum absolute atomic E-state index is 12.9. The molecule has 0 aliphatic carbocycles. The van der Waals surface area contributed by atoms with E-state index in [2.05, 4.69) is 16.8 Å². The van der Waals surface area contributed by atoms with Gasteiger partial charge in [-0.05, 0) is 36.9 Å². The Hall–Kier alpha value is -1.96. The molecule has 1 aromatic carbocycles. The lowest BCUT2D eigenvalue weighted by molar-refractivity contribution is -0.137. The Morgan fingerprint density at radius 2 is 1.69 bits per heavy atom. The van der Waals surface area contributed by atoms with E-state index in [0.29, 0.717) is 25.4 Å². The molecule has 0 spiro atoms. The van der Waals surface area contributed by atoms with Crippen LogP contribution in [-0.2, 0) is 22.6 Å². The quantitative estimate of drug-likeness (QED) is 0.708. The van der Waals surface area contributed by atoms with E-state index in [-0.39, 0.29) is 24.9 Å². The van der Waals surface area contributed by atoms with Gasteiger partial charge < -0.3 is 20.0 Å². The number of aliphatic hydroxyl groups is 1. The number of carboxylic acids is 1. The Balaban J connectivity index is 1.62. The largest absolute Gasteiger partial charge is 0.481 e. The highest BCUT2D eigenvalue weighted by Gasteiger charge is 2.35. The number of carbonyl (C=O) groups excluding carboxylic acids is 1. The zero-order valence-electron chi connectivity index (χ0n) is 17.3. The predicted molar refractivity (Wildman–Crippen MR) is 110 cm³/mol.